The zero-order valence-electron chi connectivity index (χ0n) is 15.9. The lowest BCUT2D eigenvalue weighted by molar-refractivity contribution is -0.150. The van der Waals surface area contributed by atoms with Gasteiger partial charge in [-0.2, -0.15) is 0 Å². The maximum atomic E-state index is 12.2. The summed E-state index contributed by atoms with van der Waals surface area (Å²) in [5.41, 5.74) is 7.83. The van der Waals surface area contributed by atoms with Crippen molar-refractivity contribution in [3.8, 4) is 0 Å². The highest BCUT2D eigenvalue weighted by Crippen LogP contribution is 2.34. The van der Waals surface area contributed by atoms with E-state index >= 15 is 0 Å². The average molecular weight is 361 g/mol. The van der Waals surface area contributed by atoms with E-state index in [1.807, 2.05) is 19.1 Å². The van der Waals surface area contributed by atoms with Crippen LogP contribution in [0.5, 0.6) is 0 Å². The lowest BCUT2D eigenvalue weighted by Gasteiger charge is -2.36. The summed E-state index contributed by atoms with van der Waals surface area (Å²) < 4.78 is 10.8. The molecule has 3 N–H and O–H groups in total. The Morgan fingerprint density at radius 3 is 2.62 bits per heavy atom. The van der Waals surface area contributed by atoms with Crippen LogP contribution in [-0.2, 0) is 14.3 Å². The Balaban J connectivity index is 2.27. The van der Waals surface area contributed by atoms with Crippen LogP contribution < -0.4 is 11.1 Å². The van der Waals surface area contributed by atoms with Crippen molar-refractivity contribution in [1.82, 2.24) is 10.3 Å². The van der Waals surface area contributed by atoms with Crippen LogP contribution in [0.4, 0.5) is 10.5 Å². The van der Waals surface area contributed by atoms with Crippen LogP contribution in [0.2, 0.25) is 0 Å². The minimum Gasteiger partial charge on any atom is -0.460 e. The molecule has 7 heteroatoms. The van der Waals surface area contributed by atoms with Crippen molar-refractivity contribution in [1.29, 1.82) is 0 Å². The first-order valence-electron chi connectivity index (χ1n) is 8.64. The number of carbonyl (C=O) groups excluding carboxylic acids is 2. The molecule has 0 radical (unpaired) electrons. The van der Waals surface area contributed by atoms with Crippen molar-refractivity contribution in [2.45, 2.75) is 58.8 Å². The topological polar surface area (TPSA) is 104 Å². The molecule has 2 rings (SSSR count). The van der Waals surface area contributed by atoms with Crippen molar-refractivity contribution in [2.24, 2.45) is 5.92 Å². The smallest absolute Gasteiger partial charge is 0.408 e. The van der Waals surface area contributed by atoms with Gasteiger partial charge in [0.25, 0.3) is 0 Å². The number of hydrogen-bond donors (Lipinski definition) is 2. The Morgan fingerprint density at radius 2 is 2.04 bits per heavy atom. The Hall–Kier alpha value is -2.57. The minimum absolute atomic E-state index is 0.102. The maximum absolute atomic E-state index is 12.2. The Kier molecular flexibility index (Phi) is 5.90. The number of rotatable bonds is 3. The van der Waals surface area contributed by atoms with Crippen molar-refractivity contribution in [2.75, 3.05) is 5.73 Å². The average Bonchev–Trinajstić information content (AvgIpc) is 2.48. The standard InChI is InChI=1S/C19H27N3O4/c1-11-8-13(14-6-7-21-10-15(14)20)9-16(17(11)25-12(2)23)22-18(24)26-19(3,4)5/h6-8,10-11,16-17H,9,20H2,1-5H3,(H,22,24)/t11-,16+,17+/m0/s1. The predicted octanol–water partition coefficient (Wildman–Crippen LogP) is 2.91. The summed E-state index contributed by atoms with van der Waals surface area (Å²) in [4.78, 5) is 27.8. The Bertz CT molecular complexity index is 709. The number of aromatic nitrogens is 1. The zero-order chi connectivity index (χ0) is 19.5. The van der Waals surface area contributed by atoms with E-state index in [9.17, 15) is 9.59 Å². The molecule has 0 aromatic carbocycles. The number of carbonyl (C=O) groups is 2. The molecule has 1 aliphatic rings. The molecule has 7 nitrogen and oxygen atoms in total. The van der Waals surface area contributed by atoms with Gasteiger partial charge in [0.2, 0.25) is 0 Å². The van der Waals surface area contributed by atoms with Gasteiger partial charge in [0.05, 0.1) is 17.9 Å². The molecule has 0 fully saturated rings. The molecular weight excluding hydrogens is 334 g/mol. The van der Waals surface area contributed by atoms with Crippen LogP contribution in [-0.4, -0.2) is 34.8 Å². The van der Waals surface area contributed by atoms with Crippen LogP contribution in [0.3, 0.4) is 0 Å². The van der Waals surface area contributed by atoms with Crippen molar-refractivity contribution in [3.05, 3.63) is 30.1 Å². The van der Waals surface area contributed by atoms with E-state index in [1.165, 1.54) is 6.92 Å². The summed E-state index contributed by atoms with van der Waals surface area (Å²) in [7, 11) is 0. The fourth-order valence-electron chi connectivity index (χ4n) is 3.07. The van der Waals surface area contributed by atoms with Gasteiger partial charge >= 0.3 is 12.1 Å². The molecule has 3 atom stereocenters. The van der Waals surface area contributed by atoms with Crippen LogP contribution >= 0.6 is 0 Å². The number of pyridine rings is 1. The first-order valence-corrected chi connectivity index (χ1v) is 8.64. The lowest BCUT2D eigenvalue weighted by Crippen LogP contribution is -2.50. The first-order chi connectivity index (χ1) is 12.1. The molecule has 1 heterocycles. The van der Waals surface area contributed by atoms with Gasteiger partial charge in [-0.05, 0) is 38.8 Å². The summed E-state index contributed by atoms with van der Waals surface area (Å²) in [6, 6.07) is 1.42. The second-order valence-electron chi connectivity index (χ2n) is 7.54. The summed E-state index contributed by atoms with van der Waals surface area (Å²) in [6.07, 6.45) is 4.73. The third-order valence-corrected chi connectivity index (χ3v) is 4.02. The summed E-state index contributed by atoms with van der Waals surface area (Å²) in [5, 5.41) is 2.84. The van der Waals surface area contributed by atoms with E-state index in [4.69, 9.17) is 15.2 Å². The Morgan fingerprint density at radius 1 is 1.35 bits per heavy atom. The number of nitrogens with zero attached hydrogens (tertiary/aromatic N) is 1. The highest BCUT2D eigenvalue weighted by Gasteiger charge is 2.36. The Labute approximate surface area is 154 Å². The molecule has 1 amide bonds. The molecular formula is C19H27N3O4. The number of nitrogens with one attached hydrogen (secondary N) is 1. The number of nitrogens with two attached hydrogens (primary N) is 1. The monoisotopic (exact) mass is 361 g/mol. The van der Waals surface area contributed by atoms with Gasteiger partial charge < -0.3 is 20.5 Å². The summed E-state index contributed by atoms with van der Waals surface area (Å²) in [5.74, 6) is -0.492. The van der Waals surface area contributed by atoms with E-state index in [0.29, 0.717) is 12.1 Å². The van der Waals surface area contributed by atoms with E-state index in [0.717, 1.165) is 11.1 Å². The molecule has 1 aromatic rings. The highest BCUT2D eigenvalue weighted by molar-refractivity contribution is 5.77. The van der Waals surface area contributed by atoms with Crippen molar-refractivity contribution in [3.63, 3.8) is 0 Å². The third kappa shape index (κ3) is 5.21. The van der Waals surface area contributed by atoms with E-state index < -0.39 is 29.8 Å². The van der Waals surface area contributed by atoms with Crippen molar-refractivity contribution >= 4 is 23.3 Å². The van der Waals surface area contributed by atoms with E-state index in [-0.39, 0.29) is 5.92 Å². The van der Waals surface area contributed by atoms with E-state index in [1.54, 1.807) is 33.2 Å². The lowest BCUT2D eigenvalue weighted by atomic mass is 9.82. The molecule has 0 aliphatic heterocycles. The van der Waals surface area contributed by atoms with Gasteiger partial charge in [-0.3, -0.25) is 9.78 Å². The van der Waals surface area contributed by atoms with Crippen LogP contribution in [0.25, 0.3) is 5.57 Å². The normalized spacial score (nSPS) is 23.0. The van der Waals surface area contributed by atoms with Crippen LogP contribution in [0.1, 0.15) is 46.6 Å². The number of ether oxygens (including phenoxy) is 2. The maximum Gasteiger partial charge on any atom is 0.408 e. The van der Waals surface area contributed by atoms with Gasteiger partial charge in [-0.25, -0.2) is 4.79 Å². The highest BCUT2D eigenvalue weighted by atomic mass is 16.6. The molecule has 1 aromatic heterocycles. The van der Waals surface area contributed by atoms with Crippen molar-refractivity contribution < 1.29 is 19.1 Å². The molecule has 0 saturated carbocycles. The largest absolute Gasteiger partial charge is 0.460 e. The third-order valence-electron chi connectivity index (χ3n) is 4.02. The van der Waals surface area contributed by atoms with E-state index in [2.05, 4.69) is 10.3 Å². The zero-order valence-corrected chi connectivity index (χ0v) is 15.9. The molecule has 26 heavy (non-hydrogen) atoms. The first kappa shape index (κ1) is 19.8. The van der Waals surface area contributed by atoms with Gasteiger partial charge in [0.1, 0.15) is 11.7 Å². The molecule has 0 spiro atoms. The van der Waals surface area contributed by atoms with Gasteiger partial charge in [-0.15, -0.1) is 0 Å². The van der Waals surface area contributed by atoms with Gasteiger partial charge in [0.15, 0.2) is 0 Å². The van der Waals surface area contributed by atoms with Crippen LogP contribution in [0, 0.1) is 5.92 Å². The number of anilines is 1. The summed E-state index contributed by atoms with van der Waals surface area (Å²) >= 11 is 0. The molecule has 1 aliphatic carbocycles. The number of alkyl carbamates (subject to hydrolysis) is 1. The fourth-order valence-corrected chi connectivity index (χ4v) is 3.07. The number of hydrogen-bond acceptors (Lipinski definition) is 6. The van der Waals surface area contributed by atoms with Gasteiger partial charge in [-0.1, -0.05) is 13.0 Å². The second-order valence-corrected chi connectivity index (χ2v) is 7.54. The number of nitrogen functional groups attached to an aromatic ring is 1. The molecule has 0 unspecified atom stereocenters. The summed E-state index contributed by atoms with van der Waals surface area (Å²) in [6.45, 7) is 8.68. The fraction of sp³-hybridized carbons (Fsp3) is 0.526. The molecule has 142 valence electrons. The quantitative estimate of drug-likeness (QED) is 0.802. The second kappa shape index (κ2) is 7.76. The SMILES string of the molecule is CC(=O)O[C@@H]1[C@@H](C)C=C(c2ccncc2N)C[C@H]1NC(=O)OC(C)(C)C. The minimum atomic E-state index is -0.616. The number of esters is 1. The number of amides is 1. The molecule has 0 saturated heterocycles. The molecule has 0 bridgehead atoms. The van der Waals surface area contributed by atoms with Gasteiger partial charge in [0, 0.05) is 24.6 Å². The predicted molar refractivity (Wildman–Crippen MR) is 99.1 cm³/mol. The van der Waals surface area contributed by atoms with Crippen LogP contribution in [0.15, 0.2) is 24.5 Å².